The van der Waals surface area contributed by atoms with Gasteiger partial charge in [-0.1, -0.05) is 121 Å². The number of aromatic nitrogens is 4. The number of para-hydroxylation sites is 4. The largest absolute Gasteiger partial charge is 0.496 e. The van der Waals surface area contributed by atoms with Gasteiger partial charge in [0.05, 0.1) is 41.9 Å². The van der Waals surface area contributed by atoms with Crippen molar-refractivity contribution < 1.29 is 14.0 Å². The highest BCUT2D eigenvalue weighted by Gasteiger charge is 2.57. The van der Waals surface area contributed by atoms with Gasteiger partial charge in [-0.3, -0.25) is 4.57 Å². The van der Waals surface area contributed by atoms with Crippen LogP contribution in [0.2, 0.25) is 0 Å². The predicted octanol–water partition coefficient (Wildman–Crippen LogP) is 11.5. The summed E-state index contributed by atoms with van der Waals surface area (Å²) in [5.41, 5.74) is 16.6. The highest BCUT2D eigenvalue weighted by Crippen LogP contribution is 2.68. The molecule has 1 N–H and O–H groups in total. The van der Waals surface area contributed by atoms with Gasteiger partial charge in [-0.2, -0.15) is 4.57 Å². The summed E-state index contributed by atoms with van der Waals surface area (Å²) in [4.78, 5) is 9.07. The van der Waals surface area contributed by atoms with E-state index in [-0.39, 0.29) is 0 Å². The third-order valence-electron chi connectivity index (χ3n) is 12.4. The van der Waals surface area contributed by atoms with Gasteiger partial charge in [0.25, 0.3) is 5.82 Å². The number of aromatic amines is 1. The van der Waals surface area contributed by atoms with Crippen molar-refractivity contribution >= 4 is 22.1 Å². The minimum absolute atomic E-state index is 0.802. The summed E-state index contributed by atoms with van der Waals surface area (Å²) in [6.07, 6.45) is 0. The molecule has 0 bridgehead atoms. The highest BCUT2D eigenvalue weighted by atomic mass is 16.5. The number of methoxy groups -OCH3 is 2. The fourth-order valence-electron chi connectivity index (χ4n) is 10.2. The number of ether oxygens (including phenoxy) is 2. The zero-order valence-corrected chi connectivity index (χ0v) is 32.5. The molecule has 0 aliphatic heterocycles. The van der Waals surface area contributed by atoms with Crippen molar-refractivity contribution in [2.75, 3.05) is 14.2 Å². The maximum atomic E-state index is 6.52. The van der Waals surface area contributed by atoms with E-state index >= 15 is 0 Å². The van der Waals surface area contributed by atoms with Gasteiger partial charge in [-0.05, 0) is 82.9 Å². The number of nitrogens with zero attached hydrogens (tertiary/aromatic N) is 3. The number of fused-ring (bicyclic) bond motifs is 12. The van der Waals surface area contributed by atoms with Crippen molar-refractivity contribution in [1.82, 2.24) is 14.5 Å². The van der Waals surface area contributed by atoms with Crippen LogP contribution in [0.15, 0.2) is 182 Å². The lowest BCUT2D eigenvalue weighted by atomic mass is 9.70. The number of imidazole rings is 2. The van der Waals surface area contributed by atoms with Crippen LogP contribution < -0.4 is 14.0 Å². The summed E-state index contributed by atoms with van der Waals surface area (Å²) in [5, 5.41) is 0. The fraction of sp³-hybridized carbons (Fsp3) is 0.0566. The summed E-state index contributed by atoms with van der Waals surface area (Å²) in [7, 11) is 3.58. The Balaban J connectivity index is 1.25. The van der Waals surface area contributed by atoms with Gasteiger partial charge in [0.2, 0.25) is 0 Å². The molecule has 0 saturated heterocycles. The van der Waals surface area contributed by atoms with Crippen molar-refractivity contribution in [3.8, 4) is 67.9 Å². The number of nitrogens with one attached hydrogen (secondary N) is 1. The standard InChI is InChI=1S/C53H36N4O2/c1-58-45-31-29-43(56-41-27-15-13-25-39(41)54-51(56)33-17-5-3-6-18-33)47-35-21-9-11-23-37(35)53(49(45)47)38-24-12-10-22-36(38)48-44(30-32-46(59-2)50(48)53)57-42-28-16-14-26-40(42)55-52(57)34-19-7-4-8-20-34/h3-32H,1-2H3/p+1. The zero-order chi connectivity index (χ0) is 39.2. The topological polar surface area (TPSA) is 56.0 Å². The molecule has 1 atom stereocenters. The Morgan fingerprint density at radius 2 is 1.12 bits per heavy atom. The predicted molar refractivity (Wildman–Crippen MR) is 235 cm³/mol. The maximum Gasteiger partial charge on any atom is 0.292 e. The van der Waals surface area contributed by atoms with Crippen molar-refractivity contribution in [2.24, 2.45) is 0 Å². The Labute approximate surface area is 341 Å². The van der Waals surface area contributed by atoms with Crippen molar-refractivity contribution in [3.05, 3.63) is 204 Å². The van der Waals surface area contributed by atoms with E-state index < -0.39 is 5.41 Å². The maximum absolute atomic E-state index is 6.52. The van der Waals surface area contributed by atoms with Gasteiger partial charge in [0, 0.05) is 27.8 Å². The quantitative estimate of drug-likeness (QED) is 0.172. The lowest BCUT2D eigenvalue weighted by Crippen LogP contribution is -2.33. The van der Waals surface area contributed by atoms with Crippen LogP contribution >= 0.6 is 0 Å². The van der Waals surface area contributed by atoms with E-state index in [0.717, 1.165) is 101 Å². The average Bonchev–Trinajstić information content (AvgIpc) is 4.05. The van der Waals surface area contributed by atoms with E-state index in [1.165, 1.54) is 11.1 Å². The van der Waals surface area contributed by atoms with Gasteiger partial charge in [-0.25, -0.2) is 9.97 Å². The second-order valence-electron chi connectivity index (χ2n) is 15.2. The van der Waals surface area contributed by atoms with Crippen LogP contribution in [0.4, 0.5) is 0 Å². The first-order chi connectivity index (χ1) is 29.2. The van der Waals surface area contributed by atoms with Crippen molar-refractivity contribution in [2.45, 2.75) is 5.41 Å². The number of H-pyrrole nitrogens is 1. The second-order valence-corrected chi connectivity index (χ2v) is 15.2. The first-order valence-corrected chi connectivity index (χ1v) is 20.0. The minimum Gasteiger partial charge on any atom is -0.496 e. The highest BCUT2D eigenvalue weighted by molar-refractivity contribution is 6.02. The monoisotopic (exact) mass is 761 g/mol. The van der Waals surface area contributed by atoms with E-state index in [4.69, 9.17) is 14.5 Å². The fourth-order valence-corrected chi connectivity index (χ4v) is 10.2. The van der Waals surface area contributed by atoms with Gasteiger partial charge >= 0.3 is 0 Å². The molecule has 0 amide bonds. The van der Waals surface area contributed by atoms with E-state index in [2.05, 4.69) is 196 Å². The number of benzene rings is 8. The van der Waals surface area contributed by atoms with Crippen LogP contribution in [0.1, 0.15) is 22.3 Å². The molecule has 10 aromatic rings. The third-order valence-corrected chi connectivity index (χ3v) is 12.4. The average molecular weight is 762 g/mol. The van der Waals surface area contributed by atoms with Crippen LogP contribution in [0, 0.1) is 0 Å². The number of rotatable bonds is 6. The first kappa shape index (κ1) is 33.4. The molecule has 2 aliphatic carbocycles. The van der Waals surface area contributed by atoms with E-state index in [0.29, 0.717) is 0 Å². The van der Waals surface area contributed by atoms with Crippen LogP contribution in [0.5, 0.6) is 11.5 Å². The smallest absolute Gasteiger partial charge is 0.292 e. The third kappa shape index (κ3) is 4.45. The Morgan fingerprint density at radius 3 is 1.85 bits per heavy atom. The molecule has 2 aromatic heterocycles. The number of hydrogen-bond acceptors (Lipinski definition) is 3. The summed E-state index contributed by atoms with van der Waals surface area (Å²) in [5.74, 6) is 3.51. The van der Waals surface area contributed by atoms with Crippen LogP contribution in [-0.4, -0.2) is 28.8 Å². The second kappa shape index (κ2) is 12.7. The first-order valence-electron chi connectivity index (χ1n) is 20.0. The van der Waals surface area contributed by atoms with Gasteiger partial charge in [-0.15, -0.1) is 0 Å². The lowest BCUT2D eigenvalue weighted by molar-refractivity contribution is -0.554. The molecule has 2 heterocycles. The normalized spacial score (nSPS) is 14.7. The Morgan fingerprint density at radius 1 is 0.542 bits per heavy atom. The molecule has 8 aromatic carbocycles. The van der Waals surface area contributed by atoms with E-state index in [9.17, 15) is 0 Å². The zero-order valence-electron chi connectivity index (χ0n) is 32.5. The van der Waals surface area contributed by atoms with Crippen LogP contribution in [0.3, 0.4) is 0 Å². The van der Waals surface area contributed by atoms with Crippen molar-refractivity contribution in [1.29, 1.82) is 0 Å². The molecule has 6 heteroatoms. The Bertz CT molecular complexity index is 3090. The molecule has 280 valence electrons. The SMILES string of the molecule is COc1ccc(-n2c(-c3ccccc3)nc3ccccc32)c2c1C1(c3ccccc3-2)c2ccccc2-c2c(-[n+]3c(-c4ccccc4)[nH]c4ccccc43)ccc(OC)c21. The van der Waals surface area contributed by atoms with Crippen molar-refractivity contribution in [3.63, 3.8) is 0 Å². The molecule has 12 rings (SSSR count). The molecular formula is C53H37N4O2+. The molecule has 1 unspecified atom stereocenters. The molecule has 2 aliphatic rings. The molecule has 59 heavy (non-hydrogen) atoms. The van der Waals surface area contributed by atoms with E-state index in [1.807, 2.05) is 0 Å². The Kier molecular flexibility index (Phi) is 7.17. The Hall–Kier alpha value is -7.70. The van der Waals surface area contributed by atoms with E-state index in [1.54, 1.807) is 14.2 Å². The molecule has 6 nitrogen and oxygen atoms in total. The molecule has 0 radical (unpaired) electrons. The number of hydrogen-bond donors (Lipinski definition) is 1. The van der Waals surface area contributed by atoms with Gasteiger partial charge in [0.1, 0.15) is 23.0 Å². The van der Waals surface area contributed by atoms with Gasteiger partial charge < -0.3 is 9.47 Å². The van der Waals surface area contributed by atoms with Crippen LogP contribution in [-0.2, 0) is 5.41 Å². The summed E-state index contributed by atoms with van der Waals surface area (Å²) >= 11 is 0. The molecule has 0 saturated carbocycles. The van der Waals surface area contributed by atoms with Crippen LogP contribution in [0.25, 0.3) is 78.5 Å². The molecular weight excluding hydrogens is 725 g/mol. The minimum atomic E-state index is -0.802. The molecule has 1 spiro atoms. The summed E-state index contributed by atoms with van der Waals surface area (Å²) in [6, 6.07) is 64.5. The summed E-state index contributed by atoms with van der Waals surface area (Å²) < 4.78 is 17.8. The lowest BCUT2D eigenvalue weighted by Gasteiger charge is -2.32. The molecule has 0 fully saturated rings. The summed E-state index contributed by atoms with van der Waals surface area (Å²) in [6.45, 7) is 0. The van der Waals surface area contributed by atoms with Gasteiger partial charge in [0.15, 0.2) is 11.0 Å².